The molecule has 2 amide bonds. The smallest absolute Gasteiger partial charge is 0.316 e. The molecule has 0 aliphatic carbocycles. The molecule has 2 aromatic rings. The Balaban J connectivity index is 1.59. The summed E-state index contributed by atoms with van der Waals surface area (Å²) < 4.78 is 5.24. The summed E-state index contributed by atoms with van der Waals surface area (Å²) in [7, 11) is 1.43. The lowest BCUT2D eigenvalue weighted by molar-refractivity contribution is -0.384. The quantitative estimate of drug-likeness (QED) is 0.0321. The van der Waals surface area contributed by atoms with E-state index in [0.717, 1.165) is 17.7 Å². The summed E-state index contributed by atoms with van der Waals surface area (Å²) >= 11 is 0. The molecule has 2 heterocycles. The minimum Gasteiger partial charge on any atom is -0.468 e. The van der Waals surface area contributed by atoms with Crippen LogP contribution in [0.3, 0.4) is 0 Å². The second kappa shape index (κ2) is 17.9. The fourth-order valence-electron chi connectivity index (χ4n) is 7.01. The first-order chi connectivity index (χ1) is 23.8. The summed E-state index contributed by atoms with van der Waals surface area (Å²) in [6, 6.07) is 15.3. The number of hydrogen-bond acceptors (Lipinski definition) is 9. The lowest BCUT2D eigenvalue weighted by atomic mass is 9.72. The average molecular weight is 673 g/mol. The number of amides is 2. The summed E-state index contributed by atoms with van der Waals surface area (Å²) in [6.07, 6.45) is 5.58. The topological polar surface area (TPSA) is 183 Å². The molecule has 4 rings (SSSR count). The van der Waals surface area contributed by atoms with E-state index in [0.29, 0.717) is 101 Å². The number of rotatable bonds is 18. The zero-order chi connectivity index (χ0) is 35.2. The number of azide groups is 1. The summed E-state index contributed by atoms with van der Waals surface area (Å²) in [5.41, 5.74) is 11.6. The van der Waals surface area contributed by atoms with E-state index in [9.17, 15) is 24.5 Å². The van der Waals surface area contributed by atoms with Crippen LogP contribution in [0.15, 0.2) is 76.1 Å². The van der Waals surface area contributed by atoms with Crippen LogP contribution in [0.1, 0.15) is 68.9 Å². The van der Waals surface area contributed by atoms with Crippen LogP contribution in [0.25, 0.3) is 10.4 Å². The van der Waals surface area contributed by atoms with Crippen molar-refractivity contribution in [1.29, 1.82) is 0 Å². The molecule has 0 saturated carbocycles. The number of aliphatic imine (C=N–C) groups is 1. The highest BCUT2D eigenvalue weighted by Gasteiger charge is 2.44. The number of likely N-dealkylation sites (tertiary alicyclic amines) is 1. The van der Waals surface area contributed by atoms with Gasteiger partial charge < -0.3 is 19.9 Å². The molecule has 2 aliphatic rings. The molecule has 0 bridgehead atoms. The van der Waals surface area contributed by atoms with Crippen molar-refractivity contribution in [1.82, 2.24) is 15.1 Å². The zero-order valence-corrected chi connectivity index (χ0v) is 28.1. The SMILES string of the molecule is CCC1=NC(CCCCN=[N+]=[N-])=C(N(C=O)CCCN2CCC(C(=O)OC)(c3ccccc3)CC2)C(c2ccc([N+](=O)[O-])cc2)C1NC=O. The number of hydrogen-bond donors (Lipinski definition) is 1. The van der Waals surface area contributed by atoms with Crippen LogP contribution in [0.5, 0.6) is 0 Å². The van der Waals surface area contributed by atoms with Crippen LogP contribution in [-0.2, 0) is 24.5 Å². The molecule has 2 atom stereocenters. The minimum absolute atomic E-state index is 0.0649. The van der Waals surface area contributed by atoms with Crippen molar-refractivity contribution in [2.45, 2.75) is 69.2 Å². The molecular formula is C35H44N8O6. The predicted molar refractivity (Wildman–Crippen MR) is 185 cm³/mol. The second-order valence-electron chi connectivity index (χ2n) is 12.2. The fraction of sp³-hybridized carbons (Fsp3) is 0.486. The van der Waals surface area contributed by atoms with Gasteiger partial charge in [-0.3, -0.25) is 29.5 Å². The third-order valence-electron chi connectivity index (χ3n) is 9.54. The van der Waals surface area contributed by atoms with E-state index in [2.05, 4.69) is 20.2 Å². The maximum atomic E-state index is 13.0. The molecule has 2 aliphatic heterocycles. The van der Waals surface area contributed by atoms with Gasteiger partial charge in [-0.15, -0.1) is 0 Å². The van der Waals surface area contributed by atoms with Gasteiger partial charge in [0.15, 0.2) is 0 Å². The van der Waals surface area contributed by atoms with Crippen molar-refractivity contribution in [3.05, 3.63) is 97.7 Å². The highest BCUT2D eigenvalue weighted by atomic mass is 16.6. The van der Waals surface area contributed by atoms with Crippen molar-refractivity contribution >= 4 is 30.2 Å². The highest BCUT2D eigenvalue weighted by molar-refractivity contribution is 5.94. The van der Waals surface area contributed by atoms with Crippen LogP contribution in [0.2, 0.25) is 0 Å². The van der Waals surface area contributed by atoms with E-state index in [4.69, 9.17) is 15.3 Å². The summed E-state index contributed by atoms with van der Waals surface area (Å²) in [5.74, 6) is -0.762. The number of nitro benzene ring substituents is 1. The molecule has 0 radical (unpaired) electrons. The number of piperidine rings is 1. The fourth-order valence-corrected chi connectivity index (χ4v) is 7.01. The number of esters is 1. The number of unbranched alkanes of at least 4 members (excludes halogenated alkanes) is 1. The molecule has 14 nitrogen and oxygen atoms in total. The first-order valence-corrected chi connectivity index (χ1v) is 16.7. The van der Waals surface area contributed by atoms with Crippen LogP contribution in [0, 0.1) is 10.1 Å². The van der Waals surface area contributed by atoms with Gasteiger partial charge in [0.2, 0.25) is 12.8 Å². The number of carbonyl (C=O) groups is 3. The molecule has 49 heavy (non-hydrogen) atoms. The number of nitrogens with one attached hydrogen (secondary N) is 1. The van der Waals surface area contributed by atoms with Gasteiger partial charge in [-0.1, -0.05) is 54.5 Å². The predicted octanol–water partition coefficient (Wildman–Crippen LogP) is 5.41. The Kier molecular flexibility index (Phi) is 13.4. The lowest BCUT2D eigenvalue weighted by Crippen LogP contribution is -2.48. The summed E-state index contributed by atoms with van der Waals surface area (Å²) in [6.45, 7) is 4.70. The Labute approximate surface area is 286 Å². The number of ether oxygens (including phenoxy) is 1. The van der Waals surface area contributed by atoms with Crippen molar-refractivity contribution < 1.29 is 24.0 Å². The molecule has 1 N–H and O–H groups in total. The van der Waals surface area contributed by atoms with Gasteiger partial charge in [-0.25, -0.2) is 0 Å². The van der Waals surface area contributed by atoms with Gasteiger partial charge in [0.05, 0.1) is 40.8 Å². The van der Waals surface area contributed by atoms with E-state index < -0.39 is 22.3 Å². The van der Waals surface area contributed by atoms with Crippen molar-refractivity contribution in [3.8, 4) is 0 Å². The van der Waals surface area contributed by atoms with E-state index in [1.807, 2.05) is 37.3 Å². The van der Waals surface area contributed by atoms with Crippen molar-refractivity contribution in [3.63, 3.8) is 0 Å². The van der Waals surface area contributed by atoms with Crippen molar-refractivity contribution in [2.75, 3.05) is 39.8 Å². The Hall–Kier alpha value is -5.07. The van der Waals surface area contributed by atoms with E-state index >= 15 is 0 Å². The third-order valence-corrected chi connectivity index (χ3v) is 9.54. The van der Waals surface area contributed by atoms with Crippen molar-refractivity contribution in [2.24, 2.45) is 10.1 Å². The monoisotopic (exact) mass is 672 g/mol. The first kappa shape index (κ1) is 36.8. The Morgan fingerprint density at radius 1 is 1.16 bits per heavy atom. The van der Waals surface area contributed by atoms with E-state index in [1.54, 1.807) is 17.0 Å². The Morgan fingerprint density at radius 2 is 1.88 bits per heavy atom. The number of methoxy groups -OCH3 is 1. The number of nitrogens with zero attached hydrogens (tertiary/aromatic N) is 7. The summed E-state index contributed by atoms with van der Waals surface area (Å²) in [5, 5.41) is 18.0. The molecular weight excluding hydrogens is 628 g/mol. The molecule has 2 aromatic carbocycles. The summed E-state index contributed by atoms with van der Waals surface area (Å²) in [4.78, 5) is 60.4. The number of allylic oxidation sites excluding steroid dienone is 1. The van der Waals surface area contributed by atoms with Crippen LogP contribution in [-0.4, -0.2) is 85.1 Å². The third kappa shape index (κ3) is 8.70. The van der Waals surface area contributed by atoms with Gasteiger partial charge in [-0.05, 0) is 81.2 Å². The molecule has 0 aromatic heterocycles. The van der Waals surface area contributed by atoms with Gasteiger partial charge >= 0.3 is 5.97 Å². The van der Waals surface area contributed by atoms with Gasteiger partial charge in [-0.2, -0.15) is 0 Å². The van der Waals surface area contributed by atoms with Crippen LogP contribution in [0.4, 0.5) is 5.69 Å². The molecule has 0 spiro atoms. The number of nitro groups is 1. The molecule has 1 saturated heterocycles. The maximum Gasteiger partial charge on any atom is 0.316 e. The number of benzene rings is 2. The Morgan fingerprint density at radius 3 is 2.47 bits per heavy atom. The second-order valence-corrected chi connectivity index (χ2v) is 12.2. The largest absolute Gasteiger partial charge is 0.468 e. The highest BCUT2D eigenvalue weighted by Crippen LogP contribution is 2.40. The van der Waals surface area contributed by atoms with E-state index in [-0.39, 0.29) is 11.7 Å². The van der Waals surface area contributed by atoms with Crippen LogP contribution >= 0.6 is 0 Å². The van der Waals surface area contributed by atoms with E-state index in [1.165, 1.54) is 19.2 Å². The van der Waals surface area contributed by atoms with Gasteiger partial charge in [0.25, 0.3) is 5.69 Å². The Bertz CT molecular complexity index is 1560. The molecule has 1 fully saturated rings. The first-order valence-electron chi connectivity index (χ1n) is 16.7. The zero-order valence-electron chi connectivity index (χ0n) is 28.1. The van der Waals surface area contributed by atoms with Gasteiger partial charge in [0, 0.05) is 35.8 Å². The normalized spacial score (nSPS) is 18.9. The number of carbonyl (C=O) groups excluding carboxylic acids is 3. The standard InChI is InChI=1S/C35H44N8O6/c1-3-29-32(37-24-44)31(26-13-15-28(16-14-26)43(47)48)33(30(39-29)12-7-8-19-38-40-36)42(25-45)21-9-20-41-22-17-35(18-23-41,34(46)49-2)27-10-5-4-6-11-27/h4-6,10-11,13-16,24-25,31-32H,3,7-9,12,17-23H2,1-2H3,(H,37,44). The minimum atomic E-state index is -0.699. The number of non-ortho nitro benzene ring substituents is 1. The molecule has 2 unspecified atom stereocenters. The average Bonchev–Trinajstić information content (AvgIpc) is 3.14. The lowest BCUT2D eigenvalue weighted by Gasteiger charge is -2.41. The maximum absolute atomic E-state index is 13.0. The van der Waals surface area contributed by atoms with Gasteiger partial charge in [0.1, 0.15) is 0 Å². The van der Waals surface area contributed by atoms with Crippen LogP contribution < -0.4 is 5.32 Å². The molecule has 14 heteroatoms. The molecule has 260 valence electrons.